The van der Waals surface area contributed by atoms with Gasteiger partial charge in [-0.15, -0.1) is 23.2 Å². The van der Waals surface area contributed by atoms with Crippen LogP contribution in [0.1, 0.15) is 6.92 Å². The van der Waals surface area contributed by atoms with Crippen LogP contribution in [-0.4, -0.2) is 16.0 Å². The van der Waals surface area contributed by atoms with Crippen molar-refractivity contribution >= 4 is 29.0 Å². The topological polar surface area (TPSA) is 17.1 Å². The van der Waals surface area contributed by atoms with Gasteiger partial charge in [0.05, 0.1) is 5.38 Å². The Kier molecular flexibility index (Phi) is 2.40. The largest absolute Gasteiger partial charge is 0.298 e. The van der Waals surface area contributed by atoms with E-state index in [1.165, 1.54) is 6.92 Å². The van der Waals surface area contributed by atoms with Crippen LogP contribution in [0.25, 0.3) is 0 Å². The summed E-state index contributed by atoms with van der Waals surface area (Å²) >= 11 is 11.8. The molecule has 3 heteroatoms. The fraction of sp³-hybridized carbons (Fsp3) is 0.375. The molecule has 0 aliphatic heterocycles. The first-order valence-corrected chi connectivity index (χ1v) is 4.09. The number of Topliss-reactive ketones (excluding diaryl/α,β-unsaturated/α-hetero) is 1. The van der Waals surface area contributed by atoms with Gasteiger partial charge in [-0.3, -0.25) is 4.79 Å². The zero-order chi connectivity index (χ0) is 8.48. The molecular formula is C8H8Cl2O. The number of halogens is 2. The van der Waals surface area contributed by atoms with Crippen molar-refractivity contribution in [3.8, 4) is 0 Å². The first-order valence-electron chi connectivity index (χ1n) is 3.27. The lowest BCUT2D eigenvalue weighted by atomic mass is 9.95. The van der Waals surface area contributed by atoms with Crippen molar-refractivity contribution in [1.29, 1.82) is 0 Å². The predicted molar refractivity (Wildman–Crippen MR) is 47.2 cm³/mol. The Morgan fingerprint density at radius 1 is 1.55 bits per heavy atom. The molecule has 1 nitrogen and oxygen atoms in total. The summed E-state index contributed by atoms with van der Waals surface area (Å²) in [6, 6.07) is 0. The Balaban J connectivity index is 2.94. The monoisotopic (exact) mass is 190 g/mol. The summed E-state index contributed by atoms with van der Waals surface area (Å²) in [6.45, 7) is 1.44. The third kappa shape index (κ3) is 1.49. The quantitative estimate of drug-likeness (QED) is 0.581. The van der Waals surface area contributed by atoms with Gasteiger partial charge in [0.1, 0.15) is 4.87 Å². The Labute approximate surface area is 75.7 Å². The van der Waals surface area contributed by atoms with Crippen LogP contribution >= 0.6 is 23.2 Å². The normalized spacial score (nSPS) is 35.7. The van der Waals surface area contributed by atoms with E-state index in [1.807, 2.05) is 0 Å². The van der Waals surface area contributed by atoms with Gasteiger partial charge in [0, 0.05) is 0 Å². The number of rotatable bonds is 1. The van der Waals surface area contributed by atoms with E-state index in [9.17, 15) is 4.79 Å². The summed E-state index contributed by atoms with van der Waals surface area (Å²) in [5, 5.41) is -0.438. The van der Waals surface area contributed by atoms with Crippen LogP contribution in [0.3, 0.4) is 0 Å². The second-order valence-electron chi connectivity index (χ2n) is 2.47. The summed E-state index contributed by atoms with van der Waals surface area (Å²) < 4.78 is 0. The summed E-state index contributed by atoms with van der Waals surface area (Å²) in [5.74, 6) is -0.125. The highest BCUT2D eigenvalue weighted by molar-refractivity contribution is 6.43. The SMILES string of the molecule is CC(=O)C1(Cl)C=CC=CC1Cl. The zero-order valence-corrected chi connectivity index (χ0v) is 7.56. The minimum Gasteiger partial charge on any atom is -0.298 e. The first kappa shape index (κ1) is 8.82. The molecule has 0 aromatic rings. The van der Waals surface area contributed by atoms with Gasteiger partial charge in [0.15, 0.2) is 5.78 Å². The number of carbonyl (C=O) groups excluding carboxylic acids is 1. The maximum atomic E-state index is 11.0. The summed E-state index contributed by atoms with van der Waals surface area (Å²) in [4.78, 5) is 10.00. The van der Waals surface area contributed by atoms with Crippen molar-refractivity contribution in [1.82, 2.24) is 0 Å². The highest BCUT2D eigenvalue weighted by Crippen LogP contribution is 2.30. The van der Waals surface area contributed by atoms with Crippen molar-refractivity contribution in [2.75, 3.05) is 0 Å². The number of hydrogen-bond acceptors (Lipinski definition) is 1. The third-order valence-electron chi connectivity index (χ3n) is 1.67. The van der Waals surface area contributed by atoms with Gasteiger partial charge in [-0.2, -0.15) is 0 Å². The van der Waals surface area contributed by atoms with Crippen molar-refractivity contribution in [2.45, 2.75) is 17.2 Å². The fourth-order valence-electron chi connectivity index (χ4n) is 0.901. The maximum absolute atomic E-state index is 11.0. The van der Waals surface area contributed by atoms with Crippen molar-refractivity contribution in [2.24, 2.45) is 0 Å². The molecule has 1 rings (SSSR count). The molecule has 1 aliphatic rings. The number of carbonyl (C=O) groups is 1. The second kappa shape index (κ2) is 3.00. The van der Waals surface area contributed by atoms with E-state index in [0.29, 0.717) is 0 Å². The van der Waals surface area contributed by atoms with Gasteiger partial charge in [-0.05, 0) is 6.92 Å². The number of ketones is 1. The molecule has 0 bridgehead atoms. The molecule has 0 saturated carbocycles. The average Bonchev–Trinajstić information content (AvgIpc) is 1.95. The molecule has 11 heavy (non-hydrogen) atoms. The van der Waals surface area contributed by atoms with Crippen LogP contribution < -0.4 is 0 Å². The first-order chi connectivity index (χ1) is 5.07. The number of allylic oxidation sites excluding steroid dienone is 4. The van der Waals surface area contributed by atoms with Gasteiger partial charge in [-0.25, -0.2) is 0 Å². The Morgan fingerprint density at radius 2 is 2.18 bits per heavy atom. The zero-order valence-electron chi connectivity index (χ0n) is 6.05. The van der Waals surface area contributed by atoms with Crippen LogP contribution in [0.4, 0.5) is 0 Å². The van der Waals surface area contributed by atoms with E-state index in [-0.39, 0.29) is 5.78 Å². The van der Waals surface area contributed by atoms with Gasteiger partial charge in [0.2, 0.25) is 0 Å². The molecule has 0 aromatic carbocycles. The van der Waals surface area contributed by atoms with Crippen LogP contribution in [-0.2, 0) is 4.79 Å². The molecular weight excluding hydrogens is 183 g/mol. The second-order valence-corrected chi connectivity index (χ2v) is 3.57. The van der Waals surface area contributed by atoms with Gasteiger partial charge in [0.25, 0.3) is 0 Å². The minimum absolute atomic E-state index is 0.125. The molecule has 0 saturated heterocycles. The molecule has 0 aromatic heterocycles. The van der Waals surface area contributed by atoms with Gasteiger partial charge < -0.3 is 0 Å². The molecule has 2 atom stereocenters. The summed E-state index contributed by atoms with van der Waals surface area (Å²) in [5.41, 5.74) is 0. The van der Waals surface area contributed by atoms with E-state index in [1.54, 1.807) is 24.3 Å². The molecule has 0 N–H and O–H groups in total. The van der Waals surface area contributed by atoms with E-state index in [4.69, 9.17) is 23.2 Å². The van der Waals surface area contributed by atoms with Crippen molar-refractivity contribution in [3.05, 3.63) is 24.3 Å². The average molecular weight is 191 g/mol. The fourth-order valence-corrected chi connectivity index (χ4v) is 1.36. The standard InChI is InChI=1S/C8H8Cl2O/c1-6(11)8(10)5-3-2-4-7(8)9/h2-5,7H,1H3. The molecule has 0 heterocycles. The van der Waals surface area contributed by atoms with E-state index in [2.05, 4.69) is 0 Å². The Bertz CT molecular complexity index is 232. The molecule has 0 radical (unpaired) electrons. The minimum atomic E-state index is -1.03. The Morgan fingerprint density at radius 3 is 2.55 bits per heavy atom. The van der Waals surface area contributed by atoms with E-state index >= 15 is 0 Å². The molecule has 0 spiro atoms. The van der Waals surface area contributed by atoms with Crippen LogP contribution in [0.2, 0.25) is 0 Å². The summed E-state index contributed by atoms with van der Waals surface area (Å²) in [6.07, 6.45) is 6.83. The predicted octanol–water partition coefficient (Wildman–Crippen LogP) is 2.29. The van der Waals surface area contributed by atoms with Crippen LogP contribution in [0, 0.1) is 0 Å². The molecule has 1 aliphatic carbocycles. The number of alkyl halides is 2. The lowest BCUT2D eigenvalue weighted by molar-refractivity contribution is -0.118. The highest BCUT2D eigenvalue weighted by atomic mass is 35.5. The van der Waals surface area contributed by atoms with Crippen molar-refractivity contribution in [3.63, 3.8) is 0 Å². The van der Waals surface area contributed by atoms with Crippen molar-refractivity contribution < 1.29 is 4.79 Å². The maximum Gasteiger partial charge on any atom is 0.156 e. The van der Waals surface area contributed by atoms with E-state index in [0.717, 1.165) is 0 Å². The lowest BCUT2D eigenvalue weighted by Crippen LogP contribution is -2.38. The lowest BCUT2D eigenvalue weighted by Gasteiger charge is -2.25. The molecule has 2 unspecified atom stereocenters. The van der Waals surface area contributed by atoms with Crippen LogP contribution in [0.5, 0.6) is 0 Å². The molecule has 0 amide bonds. The van der Waals surface area contributed by atoms with E-state index < -0.39 is 10.3 Å². The summed E-state index contributed by atoms with van der Waals surface area (Å²) in [7, 11) is 0. The Hall–Kier alpha value is -0.270. The smallest absolute Gasteiger partial charge is 0.156 e. The third-order valence-corrected chi connectivity index (χ3v) is 2.90. The molecule has 0 fully saturated rings. The number of hydrogen-bond donors (Lipinski definition) is 0. The molecule has 60 valence electrons. The van der Waals surface area contributed by atoms with Gasteiger partial charge >= 0.3 is 0 Å². The van der Waals surface area contributed by atoms with Gasteiger partial charge in [-0.1, -0.05) is 24.3 Å². The highest BCUT2D eigenvalue weighted by Gasteiger charge is 2.37. The van der Waals surface area contributed by atoms with Crippen LogP contribution in [0.15, 0.2) is 24.3 Å².